The summed E-state index contributed by atoms with van der Waals surface area (Å²) in [7, 11) is 3.95. The van der Waals surface area contributed by atoms with E-state index in [0.717, 1.165) is 6.54 Å². The number of piperidine rings is 1. The monoisotopic (exact) mass is 256 g/mol. The molecule has 0 aliphatic carbocycles. The number of methoxy groups -OCH3 is 1. The third-order valence-electron chi connectivity index (χ3n) is 4.50. The van der Waals surface area contributed by atoms with Gasteiger partial charge in [0.15, 0.2) is 0 Å². The van der Waals surface area contributed by atoms with Gasteiger partial charge in [0.1, 0.15) is 0 Å². The third kappa shape index (κ3) is 3.94. The zero-order valence-corrected chi connectivity index (χ0v) is 13.0. The van der Waals surface area contributed by atoms with E-state index in [0.29, 0.717) is 12.1 Å². The molecule has 108 valence electrons. The van der Waals surface area contributed by atoms with Crippen LogP contribution in [0.4, 0.5) is 0 Å². The van der Waals surface area contributed by atoms with Gasteiger partial charge < -0.3 is 10.1 Å². The fraction of sp³-hybridized carbons (Fsp3) is 1.00. The van der Waals surface area contributed by atoms with Gasteiger partial charge in [-0.05, 0) is 46.2 Å². The summed E-state index contributed by atoms with van der Waals surface area (Å²) < 4.78 is 5.71. The fourth-order valence-corrected chi connectivity index (χ4v) is 3.33. The summed E-state index contributed by atoms with van der Waals surface area (Å²) in [4.78, 5) is 2.64. The largest absolute Gasteiger partial charge is 0.377 e. The molecule has 1 aliphatic rings. The average Bonchev–Trinajstić information content (AvgIpc) is 2.39. The fourth-order valence-electron chi connectivity index (χ4n) is 3.33. The van der Waals surface area contributed by atoms with Gasteiger partial charge in [0.05, 0.1) is 5.60 Å². The number of ether oxygens (including phenoxy) is 1. The molecule has 1 fully saturated rings. The van der Waals surface area contributed by atoms with Gasteiger partial charge in [-0.2, -0.15) is 0 Å². The van der Waals surface area contributed by atoms with Crippen LogP contribution in [0, 0.1) is 0 Å². The van der Waals surface area contributed by atoms with E-state index in [1.54, 1.807) is 0 Å². The highest BCUT2D eigenvalue weighted by molar-refractivity contribution is 4.91. The minimum Gasteiger partial charge on any atom is -0.377 e. The molecule has 3 atom stereocenters. The van der Waals surface area contributed by atoms with Gasteiger partial charge in [0.25, 0.3) is 0 Å². The van der Waals surface area contributed by atoms with Crippen LogP contribution in [0.3, 0.4) is 0 Å². The average molecular weight is 256 g/mol. The minimum atomic E-state index is 0.0518. The molecule has 1 rings (SSSR count). The summed E-state index contributed by atoms with van der Waals surface area (Å²) in [5, 5.41) is 3.51. The minimum absolute atomic E-state index is 0.0518. The Morgan fingerprint density at radius 1 is 1.39 bits per heavy atom. The Morgan fingerprint density at radius 3 is 2.61 bits per heavy atom. The van der Waals surface area contributed by atoms with Crippen LogP contribution in [0.5, 0.6) is 0 Å². The molecule has 1 aliphatic heterocycles. The number of nitrogens with zero attached hydrogens (tertiary/aromatic N) is 1. The van der Waals surface area contributed by atoms with Crippen LogP contribution in [0.1, 0.15) is 52.9 Å². The topological polar surface area (TPSA) is 24.5 Å². The summed E-state index contributed by atoms with van der Waals surface area (Å²) in [5.74, 6) is 0. The zero-order chi connectivity index (χ0) is 13.6. The molecule has 3 nitrogen and oxygen atoms in total. The second-order valence-electron chi connectivity index (χ2n) is 5.89. The molecule has 3 heteroatoms. The van der Waals surface area contributed by atoms with Crippen LogP contribution in [0.25, 0.3) is 0 Å². The number of hydrogen-bond acceptors (Lipinski definition) is 3. The van der Waals surface area contributed by atoms with E-state index >= 15 is 0 Å². The number of rotatable bonds is 7. The second kappa shape index (κ2) is 7.46. The first-order valence-corrected chi connectivity index (χ1v) is 7.56. The Labute approximate surface area is 113 Å². The lowest BCUT2D eigenvalue weighted by Crippen LogP contribution is -2.56. The summed E-state index contributed by atoms with van der Waals surface area (Å²) in [5.41, 5.74) is 0.0518. The molecular formula is C15H32N2O. The first-order chi connectivity index (χ1) is 8.60. The highest BCUT2D eigenvalue weighted by Gasteiger charge is 2.35. The first-order valence-electron chi connectivity index (χ1n) is 7.56. The van der Waals surface area contributed by atoms with Crippen LogP contribution >= 0.6 is 0 Å². The molecule has 0 aromatic rings. The van der Waals surface area contributed by atoms with Crippen LogP contribution in [0.2, 0.25) is 0 Å². The van der Waals surface area contributed by atoms with E-state index in [1.165, 1.54) is 38.6 Å². The van der Waals surface area contributed by atoms with Crippen molar-refractivity contribution in [3.05, 3.63) is 0 Å². The summed E-state index contributed by atoms with van der Waals surface area (Å²) >= 11 is 0. The smallest absolute Gasteiger partial charge is 0.0777 e. The molecule has 0 amide bonds. The molecule has 0 saturated carbocycles. The zero-order valence-electron chi connectivity index (χ0n) is 13.0. The van der Waals surface area contributed by atoms with Crippen molar-refractivity contribution in [2.45, 2.75) is 70.6 Å². The van der Waals surface area contributed by atoms with Crippen molar-refractivity contribution >= 4 is 0 Å². The Morgan fingerprint density at radius 2 is 2.11 bits per heavy atom. The van der Waals surface area contributed by atoms with E-state index in [9.17, 15) is 0 Å². The Bertz CT molecular complexity index is 235. The van der Waals surface area contributed by atoms with Gasteiger partial charge in [0, 0.05) is 25.7 Å². The van der Waals surface area contributed by atoms with Gasteiger partial charge in [-0.15, -0.1) is 0 Å². The maximum absolute atomic E-state index is 5.71. The number of hydrogen-bond donors (Lipinski definition) is 1. The lowest BCUT2D eigenvalue weighted by Gasteiger charge is -2.45. The Hall–Kier alpha value is -0.120. The molecule has 18 heavy (non-hydrogen) atoms. The van der Waals surface area contributed by atoms with E-state index in [2.05, 4.69) is 38.0 Å². The summed E-state index contributed by atoms with van der Waals surface area (Å²) in [6.07, 6.45) is 6.16. The van der Waals surface area contributed by atoms with Crippen LogP contribution in [0.15, 0.2) is 0 Å². The van der Waals surface area contributed by atoms with Crippen LogP contribution in [-0.2, 0) is 4.74 Å². The van der Waals surface area contributed by atoms with Gasteiger partial charge in [0.2, 0.25) is 0 Å². The molecule has 1 N–H and O–H groups in total. The summed E-state index contributed by atoms with van der Waals surface area (Å²) in [6.45, 7) is 9.12. The predicted octanol–water partition coefficient (Wildman–Crippen LogP) is 2.65. The molecular weight excluding hydrogens is 224 g/mol. The molecule has 0 aromatic heterocycles. The van der Waals surface area contributed by atoms with Crippen molar-refractivity contribution in [2.24, 2.45) is 0 Å². The Balaban J connectivity index is 2.68. The lowest BCUT2D eigenvalue weighted by atomic mass is 9.90. The lowest BCUT2D eigenvalue weighted by molar-refractivity contribution is -0.0654. The van der Waals surface area contributed by atoms with E-state index in [1.807, 2.05) is 7.11 Å². The maximum Gasteiger partial charge on any atom is 0.0777 e. The number of likely N-dealkylation sites (N-methyl/N-ethyl adjacent to an activating group) is 1. The van der Waals surface area contributed by atoms with Gasteiger partial charge in [-0.25, -0.2) is 0 Å². The molecule has 0 aromatic carbocycles. The van der Waals surface area contributed by atoms with Crippen molar-refractivity contribution in [2.75, 3.05) is 27.2 Å². The van der Waals surface area contributed by atoms with Crippen molar-refractivity contribution in [3.63, 3.8) is 0 Å². The maximum atomic E-state index is 5.71. The molecule has 3 unspecified atom stereocenters. The van der Waals surface area contributed by atoms with Crippen molar-refractivity contribution < 1.29 is 4.74 Å². The molecule has 0 spiro atoms. The SMILES string of the molecule is CCCC(NC)C(CC)N1CCCC(C)(OC)C1. The highest BCUT2D eigenvalue weighted by atomic mass is 16.5. The number of nitrogens with one attached hydrogen (secondary N) is 1. The molecule has 0 bridgehead atoms. The van der Waals surface area contributed by atoms with Crippen molar-refractivity contribution in [1.82, 2.24) is 10.2 Å². The quantitative estimate of drug-likeness (QED) is 0.758. The Kier molecular flexibility index (Phi) is 6.61. The van der Waals surface area contributed by atoms with Crippen LogP contribution in [-0.4, -0.2) is 49.8 Å². The van der Waals surface area contributed by atoms with E-state index in [-0.39, 0.29) is 5.60 Å². The standard InChI is InChI=1S/C15H32N2O/c1-6-9-13(16-4)14(7-2)17-11-8-10-15(3,12-17)18-5/h13-14,16H,6-12H2,1-5H3. The van der Waals surface area contributed by atoms with Gasteiger partial charge >= 0.3 is 0 Å². The molecule has 1 saturated heterocycles. The van der Waals surface area contributed by atoms with Crippen molar-refractivity contribution in [3.8, 4) is 0 Å². The third-order valence-corrected chi connectivity index (χ3v) is 4.50. The second-order valence-corrected chi connectivity index (χ2v) is 5.89. The van der Waals surface area contributed by atoms with Crippen molar-refractivity contribution in [1.29, 1.82) is 0 Å². The van der Waals surface area contributed by atoms with Gasteiger partial charge in [-0.3, -0.25) is 4.90 Å². The van der Waals surface area contributed by atoms with Crippen LogP contribution < -0.4 is 5.32 Å². The number of likely N-dealkylation sites (tertiary alicyclic amines) is 1. The molecule has 1 heterocycles. The normalized spacial score (nSPS) is 29.2. The van der Waals surface area contributed by atoms with E-state index < -0.39 is 0 Å². The summed E-state index contributed by atoms with van der Waals surface area (Å²) in [6, 6.07) is 1.25. The molecule has 0 radical (unpaired) electrons. The first kappa shape index (κ1) is 15.9. The van der Waals surface area contributed by atoms with E-state index in [4.69, 9.17) is 4.74 Å². The van der Waals surface area contributed by atoms with Gasteiger partial charge in [-0.1, -0.05) is 20.3 Å². The predicted molar refractivity (Wildman–Crippen MR) is 78.1 cm³/mol. The highest BCUT2D eigenvalue weighted by Crippen LogP contribution is 2.27.